The molecule has 2 heterocycles. The van der Waals surface area contributed by atoms with E-state index in [1.807, 2.05) is 6.07 Å². The number of fused-ring (bicyclic) bond motifs is 10. The predicted molar refractivity (Wildman–Crippen MR) is 267 cm³/mol. The highest BCUT2D eigenvalue weighted by Gasteiger charge is 2.37. The molecule has 2 aromatic heterocycles. The van der Waals surface area contributed by atoms with Crippen molar-refractivity contribution in [2.24, 2.45) is 0 Å². The summed E-state index contributed by atoms with van der Waals surface area (Å²) >= 11 is 0. The molecule has 0 saturated heterocycles. The molecule has 0 fully saturated rings. The van der Waals surface area contributed by atoms with Crippen molar-refractivity contribution in [3.63, 3.8) is 0 Å². The number of rotatable bonds is 5. The molecule has 64 heavy (non-hydrogen) atoms. The van der Waals surface area contributed by atoms with Gasteiger partial charge in [-0.15, -0.1) is 0 Å². The number of hydrogen-bond acceptors (Lipinski definition) is 3. The van der Waals surface area contributed by atoms with Crippen molar-refractivity contribution in [1.29, 1.82) is 0 Å². The molecule has 3 nitrogen and oxygen atoms in total. The molecule has 1 aliphatic rings. The van der Waals surface area contributed by atoms with Crippen LogP contribution in [0.5, 0.6) is 0 Å². The van der Waals surface area contributed by atoms with E-state index in [2.05, 4.69) is 214 Å². The van der Waals surface area contributed by atoms with Crippen molar-refractivity contribution in [3.05, 3.63) is 217 Å². The van der Waals surface area contributed by atoms with Crippen molar-refractivity contribution >= 4 is 54.3 Å². The molecule has 0 bridgehead atoms. The quantitative estimate of drug-likeness (QED) is 0.174. The number of nitrogens with zero attached hydrogens (tertiary/aromatic N) is 2. The van der Waals surface area contributed by atoms with E-state index in [4.69, 9.17) is 14.4 Å². The van der Waals surface area contributed by atoms with Crippen molar-refractivity contribution in [2.75, 3.05) is 0 Å². The lowest BCUT2D eigenvalue weighted by atomic mass is 9.81. The van der Waals surface area contributed by atoms with Gasteiger partial charge in [-0.25, -0.2) is 9.97 Å². The van der Waals surface area contributed by atoms with Gasteiger partial charge < -0.3 is 4.42 Å². The third-order valence-corrected chi connectivity index (χ3v) is 13.6. The Morgan fingerprint density at radius 2 is 0.969 bits per heavy atom. The van der Waals surface area contributed by atoms with Crippen LogP contribution in [0.4, 0.5) is 0 Å². The largest absolute Gasteiger partial charge is 0.455 e. The Labute approximate surface area is 371 Å². The fourth-order valence-electron chi connectivity index (χ4n) is 10.4. The Kier molecular flexibility index (Phi) is 7.95. The minimum absolute atomic E-state index is 0.154. The topological polar surface area (TPSA) is 38.9 Å². The Balaban J connectivity index is 0.909. The molecule has 0 amide bonds. The van der Waals surface area contributed by atoms with Crippen LogP contribution in [0.2, 0.25) is 0 Å². The van der Waals surface area contributed by atoms with Crippen molar-refractivity contribution in [1.82, 2.24) is 9.97 Å². The normalized spacial score (nSPS) is 13.0. The van der Waals surface area contributed by atoms with Crippen molar-refractivity contribution < 1.29 is 4.42 Å². The van der Waals surface area contributed by atoms with Crippen LogP contribution in [0, 0.1) is 0 Å². The van der Waals surface area contributed by atoms with Crippen LogP contribution < -0.4 is 0 Å². The average molecular weight is 817 g/mol. The van der Waals surface area contributed by atoms with Gasteiger partial charge in [0.1, 0.15) is 11.2 Å². The van der Waals surface area contributed by atoms with E-state index in [0.29, 0.717) is 5.82 Å². The second-order valence-corrected chi connectivity index (χ2v) is 17.7. The predicted octanol–water partition coefficient (Wildman–Crippen LogP) is 16.5. The molecule has 0 aliphatic heterocycles. The van der Waals surface area contributed by atoms with Gasteiger partial charge >= 0.3 is 0 Å². The van der Waals surface area contributed by atoms with Crippen LogP contribution in [0.25, 0.3) is 122 Å². The molecule has 300 valence electrons. The summed E-state index contributed by atoms with van der Waals surface area (Å²) in [5.74, 6) is 0.712. The van der Waals surface area contributed by atoms with E-state index in [-0.39, 0.29) is 5.41 Å². The van der Waals surface area contributed by atoms with Gasteiger partial charge in [0.15, 0.2) is 5.82 Å². The third-order valence-electron chi connectivity index (χ3n) is 13.6. The summed E-state index contributed by atoms with van der Waals surface area (Å²) in [5, 5.41) is 9.42. The summed E-state index contributed by atoms with van der Waals surface area (Å²) in [6, 6.07) is 74.3. The molecular formula is C61H40N2O. The summed E-state index contributed by atoms with van der Waals surface area (Å²) in [5.41, 5.74) is 16.6. The maximum Gasteiger partial charge on any atom is 0.160 e. The van der Waals surface area contributed by atoms with Gasteiger partial charge in [0.05, 0.1) is 11.4 Å². The maximum absolute atomic E-state index is 6.46. The van der Waals surface area contributed by atoms with E-state index in [0.717, 1.165) is 66.4 Å². The van der Waals surface area contributed by atoms with Gasteiger partial charge in [-0.3, -0.25) is 0 Å². The molecule has 0 N–H and O–H groups in total. The van der Waals surface area contributed by atoms with E-state index < -0.39 is 0 Å². The molecule has 10 aromatic carbocycles. The first-order valence-electron chi connectivity index (χ1n) is 22.0. The smallest absolute Gasteiger partial charge is 0.160 e. The second-order valence-electron chi connectivity index (χ2n) is 17.7. The standard InChI is InChI=1S/C61H40N2O/c1-61(2)53-22-12-21-50(58(53)52-33-39-16-6-7-17-40(39)35-54(52)61)56-36-55(62-60(63-56)38-14-4-3-5-15-38)45-26-24-41-31-43(25-23-42(41)32-45)46-18-10-11-19-47(46)44-28-30-57-51(34-44)49-29-27-37-13-8-9-20-48(37)59(49)64-57/h3-36H,1-2H3. The lowest BCUT2D eigenvalue weighted by Gasteiger charge is -2.22. The molecule has 0 spiro atoms. The lowest BCUT2D eigenvalue weighted by Crippen LogP contribution is -2.14. The van der Waals surface area contributed by atoms with Gasteiger partial charge in [-0.1, -0.05) is 172 Å². The van der Waals surface area contributed by atoms with Crippen molar-refractivity contribution in [2.45, 2.75) is 19.3 Å². The first-order valence-corrected chi connectivity index (χ1v) is 22.0. The first kappa shape index (κ1) is 36.5. The molecule has 0 radical (unpaired) electrons. The van der Waals surface area contributed by atoms with E-state index in [1.54, 1.807) is 0 Å². The van der Waals surface area contributed by atoms with Gasteiger partial charge in [0.25, 0.3) is 0 Å². The molecular weight excluding hydrogens is 777 g/mol. The molecule has 0 atom stereocenters. The third kappa shape index (κ3) is 5.67. The van der Waals surface area contributed by atoms with Gasteiger partial charge in [0, 0.05) is 38.3 Å². The van der Waals surface area contributed by atoms with E-state index in [1.165, 1.54) is 60.5 Å². The van der Waals surface area contributed by atoms with E-state index in [9.17, 15) is 0 Å². The minimum Gasteiger partial charge on any atom is -0.455 e. The van der Waals surface area contributed by atoms with Crippen LogP contribution >= 0.6 is 0 Å². The Hall–Kier alpha value is -8.14. The number of benzene rings is 10. The zero-order valence-electron chi connectivity index (χ0n) is 35.4. The summed E-state index contributed by atoms with van der Waals surface area (Å²) in [6.45, 7) is 4.69. The molecule has 13 rings (SSSR count). The highest BCUT2D eigenvalue weighted by Crippen LogP contribution is 2.53. The maximum atomic E-state index is 6.46. The molecule has 0 saturated carbocycles. The monoisotopic (exact) mass is 816 g/mol. The Bertz CT molecular complexity index is 3880. The minimum atomic E-state index is -0.154. The van der Waals surface area contributed by atoms with Gasteiger partial charge in [-0.2, -0.15) is 0 Å². The summed E-state index contributed by atoms with van der Waals surface area (Å²) in [6.07, 6.45) is 0. The Morgan fingerprint density at radius 1 is 0.359 bits per heavy atom. The highest BCUT2D eigenvalue weighted by molar-refractivity contribution is 6.15. The van der Waals surface area contributed by atoms with E-state index >= 15 is 0 Å². The average Bonchev–Trinajstić information content (AvgIpc) is 3.84. The zero-order valence-corrected chi connectivity index (χ0v) is 35.4. The Morgan fingerprint density at radius 3 is 1.78 bits per heavy atom. The fraction of sp³-hybridized carbons (Fsp3) is 0.0492. The number of aromatic nitrogens is 2. The van der Waals surface area contributed by atoms with Crippen LogP contribution in [-0.4, -0.2) is 9.97 Å². The van der Waals surface area contributed by atoms with Crippen LogP contribution in [-0.2, 0) is 5.41 Å². The van der Waals surface area contributed by atoms with Crippen LogP contribution in [0.15, 0.2) is 211 Å². The zero-order chi connectivity index (χ0) is 42.5. The molecule has 0 unspecified atom stereocenters. The molecule has 3 heteroatoms. The highest BCUT2D eigenvalue weighted by atomic mass is 16.3. The summed E-state index contributed by atoms with van der Waals surface area (Å²) < 4.78 is 6.46. The SMILES string of the molecule is CC1(C)c2cc3ccccc3cc2-c2c(-c3cc(-c4ccc5cc(-c6ccccc6-c6ccc7oc8c9ccccc9ccc8c7c6)ccc5c4)nc(-c4ccccc4)n3)cccc21. The fourth-order valence-corrected chi connectivity index (χ4v) is 10.4. The number of hydrogen-bond donors (Lipinski definition) is 0. The van der Waals surface area contributed by atoms with Gasteiger partial charge in [-0.05, 0) is 120 Å². The second kappa shape index (κ2) is 13.9. The van der Waals surface area contributed by atoms with Crippen molar-refractivity contribution in [3.8, 4) is 67.3 Å². The number of furan rings is 1. The van der Waals surface area contributed by atoms with Crippen LogP contribution in [0.3, 0.4) is 0 Å². The molecule has 1 aliphatic carbocycles. The summed E-state index contributed by atoms with van der Waals surface area (Å²) in [4.78, 5) is 10.6. The van der Waals surface area contributed by atoms with Crippen LogP contribution in [0.1, 0.15) is 25.0 Å². The first-order chi connectivity index (χ1) is 31.4. The summed E-state index contributed by atoms with van der Waals surface area (Å²) in [7, 11) is 0. The van der Waals surface area contributed by atoms with Gasteiger partial charge in [0.2, 0.25) is 0 Å². The molecule has 12 aromatic rings. The lowest BCUT2D eigenvalue weighted by molar-refractivity contribution is 0.661.